The van der Waals surface area contributed by atoms with Crippen LogP contribution in [-0.2, 0) is 16.1 Å². The van der Waals surface area contributed by atoms with Crippen LogP contribution in [0.3, 0.4) is 0 Å². The molecule has 3 heterocycles. The van der Waals surface area contributed by atoms with Crippen molar-refractivity contribution in [1.29, 1.82) is 0 Å². The largest absolute Gasteiger partial charge is 0.342 e. The van der Waals surface area contributed by atoms with Gasteiger partial charge in [-0.25, -0.2) is 4.98 Å². The van der Waals surface area contributed by atoms with Crippen LogP contribution in [0.25, 0.3) is 0 Å². The van der Waals surface area contributed by atoms with E-state index in [1.807, 2.05) is 15.7 Å². The monoisotopic (exact) mass is 344 g/mol. The second-order valence-corrected chi connectivity index (χ2v) is 8.05. The second kappa shape index (κ2) is 6.81. The highest BCUT2D eigenvalue weighted by Crippen LogP contribution is 2.41. The van der Waals surface area contributed by atoms with Crippen LogP contribution in [-0.4, -0.2) is 57.3 Å². The van der Waals surface area contributed by atoms with Crippen molar-refractivity contribution in [3.63, 3.8) is 0 Å². The quantitative estimate of drug-likeness (QED) is 0.792. The number of carbonyl (C=O) groups is 2. The fraction of sp³-hybridized carbons (Fsp3) is 0.737. The fourth-order valence-electron chi connectivity index (χ4n) is 4.39. The predicted octanol–water partition coefficient (Wildman–Crippen LogP) is 1.91. The highest BCUT2D eigenvalue weighted by atomic mass is 16.2. The van der Waals surface area contributed by atoms with E-state index < -0.39 is 0 Å². The van der Waals surface area contributed by atoms with E-state index in [9.17, 15) is 9.59 Å². The molecule has 0 aromatic carbocycles. The molecule has 2 saturated heterocycles. The van der Waals surface area contributed by atoms with Crippen molar-refractivity contribution in [2.45, 2.75) is 51.5 Å². The SMILES string of the molecule is O=C(CCCn1ccnc1)N1CCC2(CCCN(CC3CC3)C2=O)C1. The minimum Gasteiger partial charge on any atom is -0.342 e. The standard InChI is InChI=1S/C19H28N4O2/c24-17(3-1-9-21-12-8-20-15-21)23-11-7-19(14-23)6-2-10-22(18(19)25)13-16-4-5-16/h8,12,15-16H,1-7,9-11,13-14H2. The lowest BCUT2D eigenvalue weighted by Gasteiger charge is -2.39. The lowest BCUT2D eigenvalue weighted by Crippen LogP contribution is -2.50. The van der Waals surface area contributed by atoms with Crippen molar-refractivity contribution in [3.05, 3.63) is 18.7 Å². The van der Waals surface area contributed by atoms with Gasteiger partial charge in [-0.1, -0.05) is 0 Å². The van der Waals surface area contributed by atoms with E-state index in [0.717, 1.165) is 57.8 Å². The summed E-state index contributed by atoms with van der Waals surface area (Å²) in [6.07, 6.45) is 12.3. The summed E-state index contributed by atoms with van der Waals surface area (Å²) in [5.41, 5.74) is -0.285. The van der Waals surface area contributed by atoms with Gasteiger partial charge < -0.3 is 14.4 Å². The van der Waals surface area contributed by atoms with Crippen molar-refractivity contribution in [2.75, 3.05) is 26.2 Å². The van der Waals surface area contributed by atoms with Crippen LogP contribution < -0.4 is 0 Å². The van der Waals surface area contributed by atoms with Gasteiger partial charge in [0.2, 0.25) is 11.8 Å². The second-order valence-electron chi connectivity index (χ2n) is 8.05. The van der Waals surface area contributed by atoms with Gasteiger partial charge in [-0.05, 0) is 44.4 Å². The first-order valence-electron chi connectivity index (χ1n) is 9.69. The molecule has 0 radical (unpaired) electrons. The normalized spacial score (nSPS) is 26.6. The summed E-state index contributed by atoms with van der Waals surface area (Å²) >= 11 is 0. The molecule has 6 nitrogen and oxygen atoms in total. The molecule has 1 atom stereocenters. The van der Waals surface area contributed by atoms with Crippen molar-refractivity contribution >= 4 is 11.8 Å². The Morgan fingerprint density at radius 2 is 2.16 bits per heavy atom. The Hall–Kier alpha value is -1.85. The van der Waals surface area contributed by atoms with Gasteiger partial charge >= 0.3 is 0 Å². The number of hydrogen-bond acceptors (Lipinski definition) is 3. The van der Waals surface area contributed by atoms with Crippen molar-refractivity contribution in [1.82, 2.24) is 19.4 Å². The molecule has 25 heavy (non-hydrogen) atoms. The first kappa shape index (κ1) is 16.6. The highest BCUT2D eigenvalue weighted by Gasteiger charge is 2.49. The van der Waals surface area contributed by atoms with E-state index in [1.165, 1.54) is 12.8 Å². The van der Waals surface area contributed by atoms with E-state index >= 15 is 0 Å². The highest BCUT2D eigenvalue weighted by molar-refractivity contribution is 5.86. The molecule has 3 fully saturated rings. The molecular formula is C19H28N4O2. The van der Waals surface area contributed by atoms with Gasteiger partial charge in [0.1, 0.15) is 0 Å². The molecule has 1 aromatic heterocycles. The molecule has 0 N–H and O–H groups in total. The summed E-state index contributed by atoms with van der Waals surface area (Å²) in [7, 11) is 0. The molecule has 3 aliphatic rings. The van der Waals surface area contributed by atoms with Gasteiger partial charge in [0, 0.05) is 51.5 Å². The number of carbonyl (C=O) groups excluding carboxylic acids is 2. The van der Waals surface area contributed by atoms with E-state index in [0.29, 0.717) is 18.9 Å². The van der Waals surface area contributed by atoms with Crippen molar-refractivity contribution < 1.29 is 9.59 Å². The molecule has 1 unspecified atom stereocenters. The van der Waals surface area contributed by atoms with Crippen LogP contribution >= 0.6 is 0 Å². The number of imidazole rings is 1. The molecule has 4 rings (SSSR count). The number of piperidine rings is 1. The smallest absolute Gasteiger partial charge is 0.230 e. The summed E-state index contributed by atoms with van der Waals surface area (Å²) in [6, 6.07) is 0. The maximum atomic E-state index is 13.0. The molecule has 1 aromatic rings. The Bertz CT molecular complexity index is 625. The molecule has 136 valence electrons. The third-order valence-corrected chi connectivity index (χ3v) is 6.07. The molecule has 6 heteroatoms. The van der Waals surface area contributed by atoms with Crippen molar-refractivity contribution in [3.8, 4) is 0 Å². The van der Waals surface area contributed by atoms with Gasteiger partial charge in [0.05, 0.1) is 11.7 Å². The van der Waals surface area contributed by atoms with Crippen LogP contribution in [0.1, 0.15) is 44.9 Å². The summed E-state index contributed by atoms with van der Waals surface area (Å²) in [6.45, 7) is 4.05. The molecule has 0 bridgehead atoms. The van der Waals surface area contributed by atoms with Gasteiger partial charge in [-0.3, -0.25) is 9.59 Å². The van der Waals surface area contributed by atoms with Crippen LogP contribution in [0.4, 0.5) is 0 Å². The number of nitrogens with zero attached hydrogens (tertiary/aromatic N) is 4. The summed E-state index contributed by atoms with van der Waals surface area (Å²) in [4.78, 5) is 33.6. The first-order valence-corrected chi connectivity index (χ1v) is 9.69. The minimum absolute atomic E-state index is 0.198. The van der Waals surface area contributed by atoms with Crippen LogP contribution in [0.2, 0.25) is 0 Å². The maximum absolute atomic E-state index is 13.0. The van der Waals surface area contributed by atoms with Gasteiger partial charge in [-0.15, -0.1) is 0 Å². The Balaban J connectivity index is 1.30. The average Bonchev–Trinajstić information content (AvgIpc) is 3.10. The molecule has 2 aliphatic heterocycles. The van der Waals surface area contributed by atoms with Crippen molar-refractivity contribution in [2.24, 2.45) is 11.3 Å². The Morgan fingerprint density at radius 1 is 1.28 bits per heavy atom. The Morgan fingerprint density at radius 3 is 2.92 bits per heavy atom. The minimum atomic E-state index is -0.285. The zero-order chi connectivity index (χ0) is 17.3. The lowest BCUT2D eigenvalue weighted by molar-refractivity contribution is -0.146. The van der Waals surface area contributed by atoms with Gasteiger partial charge in [0.15, 0.2) is 0 Å². The first-order chi connectivity index (χ1) is 12.2. The Labute approximate surface area is 149 Å². The average molecular weight is 344 g/mol. The predicted molar refractivity (Wildman–Crippen MR) is 93.6 cm³/mol. The van der Waals surface area contributed by atoms with Gasteiger partial charge in [0.25, 0.3) is 0 Å². The summed E-state index contributed by atoms with van der Waals surface area (Å²) < 4.78 is 2.00. The zero-order valence-corrected chi connectivity index (χ0v) is 14.9. The molecule has 1 spiro atoms. The van der Waals surface area contributed by atoms with Gasteiger partial charge in [-0.2, -0.15) is 0 Å². The number of rotatable bonds is 6. The summed E-state index contributed by atoms with van der Waals surface area (Å²) in [5.74, 6) is 1.25. The molecule has 1 aliphatic carbocycles. The van der Waals surface area contributed by atoms with Crippen LogP contribution in [0.15, 0.2) is 18.7 Å². The van der Waals surface area contributed by atoms with Crippen LogP contribution in [0, 0.1) is 11.3 Å². The number of likely N-dealkylation sites (tertiary alicyclic amines) is 2. The maximum Gasteiger partial charge on any atom is 0.230 e. The number of aromatic nitrogens is 2. The van der Waals surface area contributed by atoms with E-state index in [-0.39, 0.29) is 11.3 Å². The lowest BCUT2D eigenvalue weighted by atomic mass is 9.78. The van der Waals surface area contributed by atoms with E-state index in [2.05, 4.69) is 9.88 Å². The number of amides is 2. The molecule has 2 amide bonds. The van der Waals surface area contributed by atoms with E-state index in [1.54, 1.807) is 12.5 Å². The zero-order valence-electron chi connectivity index (χ0n) is 14.9. The van der Waals surface area contributed by atoms with Crippen LogP contribution in [0.5, 0.6) is 0 Å². The number of hydrogen-bond donors (Lipinski definition) is 0. The fourth-order valence-corrected chi connectivity index (χ4v) is 4.39. The topological polar surface area (TPSA) is 58.4 Å². The Kier molecular flexibility index (Phi) is 4.52. The molecular weight excluding hydrogens is 316 g/mol. The number of aryl methyl sites for hydroxylation is 1. The molecule has 1 saturated carbocycles. The third-order valence-electron chi connectivity index (χ3n) is 6.07. The third kappa shape index (κ3) is 3.58. The summed E-state index contributed by atoms with van der Waals surface area (Å²) in [5, 5.41) is 0. The van der Waals surface area contributed by atoms with E-state index in [4.69, 9.17) is 0 Å².